The van der Waals surface area contributed by atoms with E-state index in [1.54, 1.807) is 21.4 Å². The van der Waals surface area contributed by atoms with Gasteiger partial charge >= 0.3 is 0 Å². The topological polar surface area (TPSA) is 91.0 Å². The van der Waals surface area contributed by atoms with E-state index in [0.29, 0.717) is 47.2 Å². The lowest BCUT2D eigenvalue weighted by molar-refractivity contribution is -0.121. The van der Waals surface area contributed by atoms with Crippen LogP contribution in [0.15, 0.2) is 90.1 Å². The molecule has 2 aromatic heterocycles. The fraction of sp³-hybridized carbons (Fsp3) is 0.143. The molecule has 1 N–H and O–H groups in total. The molecule has 0 fully saturated rings. The number of benzene rings is 3. The largest absolute Gasteiger partial charge is 0.457 e. The number of aromatic nitrogens is 4. The minimum Gasteiger partial charge on any atom is -0.457 e. The first-order valence-corrected chi connectivity index (χ1v) is 12.2. The molecule has 9 heteroatoms. The summed E-state index contributed by atoms with van der Waals surface area (Å²) >= 11 is 5.95. The molecule has 0 aliphatic carbocycles. The quantitative estimate of drug-likeness (QED) is 0.366. The average molecular weight is 512 g/mol. The first-order chi connectivity index (χ1) is 18.1. The maximum atomic E-state index is 13.3. The summed E-state index contributed by atoms with van der Waals surface area (Å²) in [6.07, 6.45) is 3.04. The van der Waals surface area contributed by atoms with Gasteiger partial charge in [0.25, 0.3) is 5.56 Å². The highest BCUT2D eigenvalue weighted by molar-refractivity contribution is 6.30. The van der Waals surface area contributed by atoms with Crippen molar-refractivity contribution in [2.75, 3.05) is 6.54 Å². The molecule has 0 bridgehead atoms. The third kappa shape index (κ3) is 4.36. The summed E-state index contributed by atoms with van der Waals surface area (Å²) in [6.45, 7) is 1.08. The lowest BCUT2D eigenvalue weighted by Crippen LogP contribution is -2.34. The van der Waals surface area contributed by atoms with Gasteiger partial charge in [-0.25, -0.2) is 9.67 Å². The van der Waals surface area contributed by atoms with Crippen LogP contribution in [0.1, 0.15) is 22.6 Å². The Balaban J connectivity index is 1.18. The molecule has 1 amide bonds. The second kappa shape index (κ2) is 9.55. The highest BCUT2D eigenvalue weighted by atomic mass is 35.5. The number of para-hydroxylation sites is 2. The van der Waals surface area contributed by atoms with Crippen molar-refractivity contribution in [3.8, 4) is 11.5 Å². The van der Waals surface area contributed by atoms with Gasteiger partial charge in [0.2, 0.25) is 5.91 Å². The zero-order valence-corrected chi connectivity index (χ0v) is 20.4. The lowest BCUT2D eigenvalue weighted by atomic mass is 9.87. The van der Waals surface area contributed by atoms with Gasteiger partial charge in [-0.15, -0.1) is 0 Å². The summed E-state index contributed by atoms with van der Waals surface area (Å²) in [5, 5.41) is 8.44. The number of hydrogen-bond acceptors (Lipinski definition) is 5. The van der Waals surface area contributed by atoms with Crippen LogP contribution in [-0.2, 0) is 17.9 Å². The second-order valence-corrected chi connectivity index (χ2v) is 9.25. The van der Waals surface area contributed by atoms with Gasteiger partial charge in [-0.3, -0.25) is 14.2 Å². The van der Waals surface area contributed by atoms with Gasteiger partial charge in [-0.1, -0.05) is 60.1 Å². The molecule has 8 nitrogen and oxygen atoms in total. The number of ether oxygens (including phenoxy) is 1. The number of carbonyl (C=O) groups excluding carboxylic acids is 1. The van der Waals surface area contributed by atoms with E-state index < -0.39 is 5.92 Å². The summed E-state index contributed by atoms with van der Waals surface area (Å²) in [5.74, 6) is 0.753. The average Bonchev–Trinajstić information content (AvgIpc) is 3.33. The number of hydrogen-bond donors (Lipinski definition) is 1. The van der Waals surface area contributed by atoms with Crippen LogP contribution in [0.4, 0.5) is 0 Å². The standard InChI is InChI=1S/C28H22ClN5O3/c29-19-11-9-18(10-12-19)16-33-17-31-26-22(28(33)36)15-32-34(26)14-13-30-27(35)25-20-5-1-3-7-23(20)37-24-8-4-2-6-21(24)25/h1-12,15,17,25H,13-14,16H2,(H,30,35). The molecule has 0 atom stereocenters. The van der Waals surface area contributed by atoms with Crippen LogP contribution in [0.3, 0.4) is 0 Å². The Morgan fingerprint density at radius 2 is 1.65 bits per heavy atom. The molecular formula is C28H22ClN5O3. The predicted molar refractivity (Wildman–Crippen MR) is 140 cm³/mol. The van der Waals surface area contributed by atoms with Crippen molar-refractivity contribution in [2.24, 2.45) is 0 Å². The van der Waals surface area contributed by atoms with E-state index >= 15 is 0 Å². The van der Waals surface area contributed by atoms with E-state index in [0.717, 1.165) is 16.7 Å². The number of nitrogens with zero attached hydrogens (tertiary/aromatic N) is 4. The molecule has 3 heterocycles. The van der Waals surface area contributed by atoms with Crippen LogP contribution in [0, 0.1) is 0 Å². The van der Waals surface area contributed by atoms with Gasteiger partial charge in [0.1, 0.15) is 23.2 Å². The zero-order valence-electron chi connectivity index (χ0n) is 19.7. The first-order valence-electron chi connectivity index (χ1n) is 11.9. The SMILES string of the molecule is O=C(NCCn1ncc2c(=O)n(Cc3ccc(Cl)cc3)cnc21)C1c2ccccc2Oc2ccccc21. The number of amides is 1. The summed E-state index contributed by atoms with van der Waals surface area (Å²) in [5.41, 5.74) is 2.90. The van der Waals surface area contributed by atoms with Crippen molar-refractivity contribution in [1.29, 1.82) is 0 Å². The van der Waals surface area contributed by atoms with Gasteiger partial charge in [0.05, 0.1) is 25.2 Å². The fourth-order valence-corrected chi connectivity index (χ4v) is 4.77. The predicted octanol–water partition coefficient (Wildman–Crippen LogP) is 4.35. The molecule has 3 aromatic carbocycles. The Kier molecular flexibility index (Phi) is 5.94. The van der Waals surface area contributed by atoms with Crippen LogP contribution < -0.4 is 15.6 Å². The van der Waals surface area contributed by atoms with Crippen molar-refractivity contribution in [1.82, 2.24) is 24.6 Å². The Morgan fingerprint density at radius 3 is 2.35 bits per heavy atom. The molecule has 37 heavy (non-hydrogen) atoms. The van der Waals surface area contributed by atoms with Crippen molar-refractivity contribution in [3.05, 3.63) is 117 Å². The van der Waals surface area contributed by atoms with E-state index in [4.69, 9.17) is 16.3 Å². The summed E-state index contributed by atoms with van der Waals surface area (Å²) < 4.78 is 9.17. The summed E-state index contributed by atoms with van der Waals surface area (Å²) in [7, 11) is 0. The molecule has 0 spiro atoms. The van der Waals surface area contributed by atoms with Gasteiger partial charge in [0, 0.05) is 22.7 Å². The molecular weight excluding hydrogens is 490 g/mol. The smallest absolute Gasteiger partial charge is 0.264 e. The van der Waals surface area contributed by atoms with Crippen LogP contribution in [0.5, 0.6) is 11.5 Å². The van der Waals surface area contributed by atoms with E-state index in [9.17, 15) is 9.59 Å². The summed E-state index contributed by atoms with van der Waals surface area (Å²) in [4.78, 5) is 30.8. The van der Waals surface area contributed by atoms with E-state index in [-0.39, 0.29) is 11.5 Å². The fourth-order valence-electron chi connectivity index (χ4n) is 4.64. The molecule has 0 unspecified atom stereocenters. The molecule has 184 valence electrons. The van der Waals surface area contributed by atoms with Crippen LogP contribution in [0.25, 0.3) is 11.0 Å². The minimum atomic E-state index is -0.478. The second-order valence-electron chi connectivity index (χ2n) is 8.81. The van der Waals surface area contributed by atoms with Crippen LogP contribution in [0.2, 0.25) is 5.02 Å². The van der Waals surface area contributed by atoms with Crippen molar-refractivity contribution in [2.45, 2.75) is 19.0 Å². The van der Waals surface area contributed by atoms with E-state index in [1.807, 2.05) is 60.7 Å². The zero-order chi connectivity index (χ0) is 25.4. The van der Waals surface area contributed by atoms with E-state index in [1.165, 1.54) is 12.5 Å². The number of carbonyl (C=O) groups is 1. The minimum absolute atomic E-state index is 0.127. The third-order valence-corrected chi connectivity index (χ3v) is 6.71. The monoisotopic (exact) mass is 511 g/mol. The van der Waals surface area contributed by atoms with Crippen molar-refractivity contribution >= 4 is 28.5 Å². The first kappa shape index (κ1) is 23.0. The molecule has 1 aliphatic rings. The highest BCUT2D eigenvalue weighted by Gasteiger charge is 2.32. The van der Waals surface area contributed by atoms with E-state index in [2.05, 4.69) is 15.4 Å². The normalized spacial score (nSPS) is 12.6. The maximum absolute atomic E-state index is 13.3. The van der Waals surface area contributed by atoms with Gasteiger partial charge in [-0.05, 0) is 29.8 Å². The molecule has 0 radical (unpaired) electrons. The molecule has 0 saturated heterocycles. The summed E-state index contributed by atoms with van der Waals surface area (Å²) in [6, 6.07) is 22.5. The highest BCUT2D eigenvalue weighted by Crippen LogP contribution is 2.43. The van der Waals surface area contributed by atoms with Gasteiger partial charge < -0.3 is 10.1 Å². The number of halogens is 1. The number of fused-ring (bicyclic) bond motifs is 3. The van der Waals surface area contributed by atoms with Crippen LogP contribution in [-0.4, -0.2) is 31.8 Å². The number of rotatable bonds is 6. The Bertz CT molecular complexity index is 1630. The van der Waals surface area contributed by atoms with Crippen molar-refractivity contribution < 1.29 is 9.53 Å². The Hall–Kier alpha value is -4.43. The van der Waals surface area contributed by atoms with Crippen LogP contribution >= 0.6 is 11.6 Å². The lowest BCUT2D eigenvalue weighted by Gasteiger charge is -2.27. The third-order valence-electron chi connectivity index (χ3n) is 6.45. The molecule has 0 saturated carbocycles. The Morgan fingerprint density at radius 1 is 0.973 bits per heavy atom. The van der Waals surface area contributed by atoms with Gasteiger partial charge in [-0.2, -0.15) is 5.10 Å². The van der Waals surface area contributed by atoms with Gasteiger partial charge in [0.15, 0.2) is 5.65 Å². The molecule has 1 aliphatic heterocycles. The number of nitrogens with one attached hydrogen (secondary N) is 1. The Labute approximate surface area is 217 Å². The molecule has 5 aromatic rings. The maximum Gasteiger partial charge on any atom is 0.264 e. The molecule has 6 rings (SSSR count). The van der Waals surface area contributed by atoms with Crippen molar-refractivity contribution in [3.63, 3.8) is 0 Å².